The van der Waals surface area contributed by atoms with Gasteiger partial charge in [-0.1, -0.05) is 54.6 Å². The van der Waals surface area contributed by atoms with Gasteiger partial charge in [-0.3, -0.25) is 0 Å². The molecule has 0 radical (unpaired) electrons. The van der Waals surface area contributed by atoms with Gasteiger partial charge in [0.05, 0.1) is 6.57 Å². The minimum absolute atomic E-state index is 0.282. The summed E-state index contributed by atoms with van der Waals surface area (Å²) in [5.41, 5.74) is 3.18. The maximum absolute atomic E-state index is 6.92. The first-order valence-electron chi connectivity index (χ1n) is 6.04. The zero-order valence-electron chi connectivity index (χ0n) is 10.4. The number of hydrogen-bond donors (Lipinski definition) is 1. The molecule has 0 saturated carbocycles. The van der Waals surface area contributed by atoms with Crippen LogP contribution in [0.5, 0.6) is 0 Å². The molecule has 0 saturated heterocycles. The Morgan fingerprint density at radius 2 is 1.72 bits per heavy atom. The summed E-state index contributed by atoms with van der Waals surface area (Å²) in [6.45, 7) is 9.91. The van der Waals surface area contributed by atoms with Crippen molar-refractivity contribution < 1.29 is 0 Å². The van der Waals surface area contributed by atoms with Gasteiger partial charge in [0.1, 0.15) is 0 Å². The number of nitrogens with zero attached hydrogens (tertiary/aromatic N) is 1. The van der Waals surface area contributed by atoms with Gasteiger partial charge >= 0.3 is 0 Å². The summed E-state index contributed by atoms with van der Waals surface area (Å²) in [5, 5.41) is 3.48. The van der Waals surface area contributed by atoms with E-state index in [9.17, 15) is 0 Å². The first kappa shape index (κ1) is 12.3. The molecule has 2 aromatic rings. The van der Waals surface area contributed by atoms with E-state index < -0.39 is 0 Å². The first-order valence-corrected chi connectivity index (χ1v) is 6.04. The van der Waals surface area contributed by atoms with Crippen LogP contribution >= 0.6 is 0 Å². The van der Waals surface area contributed by atoms with E-state index in [0.717, 1.165) is 6.54 Å². The van der Waals surface area contributed by atoms with Gasteiger partial charge in [0.15, 0.2) is 5.69 Å². The van der Waals surface area contributed by atoms with Crippen LogP contribution in [0.3, 0.4) is 0 Å². The monoisotopic (exact) mass is 236 g/mol. The Kier molecular flexibility index (Phi) is 4.11. The lowest BCUT2D eigenvalue weighted by Gasteiger charge is -2.14. The Hall–Kier alpha value is -2.11. The van der Waals surface area contributed by atoms with Gasteiger partial charge in [0.2, 0.25) is 0 Å². The van der Waals surface area contributed by atoms with Crippen molar-refractivity contribution in [1.29, 1.82) is 0 Å². The minimum atomic E-state index is 0.282. The Morgan fingerprint density at radius 1 is 1.06 bits per heavy atom. The topological polar surface area (TPSA) is 16.4 Å². The number of nitrogens with one attached hydrogen (secondary N) is 1. The highest BCUT2D eigenvalue weighted by Crippen LogP contribution is 2.18. The fraction of sp³-hybridized carbons (Fsp3) is 0.188. The van der Waals surface area contributed by atoms with Crippen molar-refractivity contribution in [1.82, 2.24) is 5.32 Å². The molecular formula is C16H16N2. The molecule has 0 aliphatic rings. The summed E-state index contributed by atoms with van der Waals surface area (Å²) in [6, 6.07) is 18.4. The Balaban J connectivity index is 1.95. The normalized spacial score (nSPS) is 11.8. The quantitative estimate of drug-likeness (QED) is 0.791. The second kappa shape index (κ2) is 6.00. The zero-order valence-corrected chi connectivity index (χ0v) is 10.4. The van der Waals surface area contributed by atoms with Crippen LogP contribution in [-0.4, -0.2) is 0 Å². The van der Waals surface area contributed by atoms with Crippen LogP contribution in [-0.2, 0) is 6.54 Å². The smallest absolute Gasteiger partial charge is 0.187 e. The molecule has 0 aliphatic heterocycles. The molecule has 0 bridgehead atoms. The Bertz CT molecular complexity index is 523. The van der Waals surface area contributed by atoms with Crippen LogP contribution in [0.25, 0.3) is 4.85 Å². The molecule has 1 unspecified atom stereocenters. The Morgan fingerprint density at radius 3 is 2.33 bits per heavy atom. The van der Waals surface area contributed by atoms with E-state index in [-0.39, 0.29) is 6.04 Å². The van der Waals surface area contributed by atoms with Gasteiger partial charge in [-0.05, 0) is 18.1 Å². The van der Waals surface area contributed by atoms with Crippen molar-refractivity contribution >= 4 is 5.69 Å². The molecule has 1 N–H and O–H groups in total. The third kappa shape index (κ3) is 3.19. The molecule has 2 rings (SSSR count). The van der Waals surface area contributed by atoms with E-state index in [1.54, 1.807) is 0 Å². The molecule has 2 nitrogen and oxygen atoms in total. The SMILES string of the molecule is [C-]#[N+]c1ccc(C(C)NCc2ccccc2)cc1. The number of benzene rings is 2. The molecule has 2 aromatic carbocycles. The van der Waals surface area contributed by atoms with E-state index in [2.05, 4.69) is 29.2 Å². The summed E-state index contributed by atoms with van der Waals surface area (Å²) in [6.07, 6.45) is 0. The molecule has 90 valence electrons. The summed E-state index contributed by atoms with van der Waals surface area (Å²) in [5.74, 6) is 0. The molecule has 2 heteroatoms. The first-order chi connectivity index (χ1) is 8.79. The standard InChI is InChI=1S/C16H16N2/c1-13(15-8-10-16(17-2)11-9-15)18-12-14-6-4-3-5-7-14/h3-11,13,18H,12H2,1H3. The van der Waals surface area contributed by atoms with Gasteiger partial charge in [0.25, 0.3) is 0 Å². The molecule has 0 aromatic heterocycles. The molecule has 18 heavy (non-hydrogen) atoms. The van der Waals surface area contributed by atoms with E-state index in [0.29, 0.717) is 5.69 Å². The summed E-state index contributed by atoms with van der Waals surface area (Å²) in [7, 11) is 0. The predicted octanol–water partition coefficient (Wildman–Crippen LogP) is 4.09. The molecule has 0 aliphatic carbocycles. The number of hydrogen-bond acceptors (Lipinski definition) is 1. The minimum Gasteiger partial charge on any atom is -0.306 e. The third-order valence-corrected chi connectivity index (χ3v) is 2.98. The van der Waals surface area contributed by atoms with Gasteiger partial charge < -0.3 is 5.32 Å². The van der Waals surface area contributed by atoms with Gasteiger partial charge in [-0.2, -0.15) is 0 Å². The van der Waals surface area contributed by atoms with Crippen molar-refractivity contribution in [2.45, 2.75) is 19.5 Å². The highest BCUT2D eigenvalue weighted by Gasteiger charge is 2.04. The van der Waals surface area contributed by atoms with Crippen LogP contribution in [0.4, 0.5) is 5.69 Å². The maximum Gasteiger partial charge on any atom is 0.187 e. The molecule has 0 heterocycles. The van der Waals surface area contributed by atoms with Crippen LogP contribution in [0, 0.1) is 6.57 Å². The lowest BCUT2D eigenvalue weighted by atomic mass is 10.1. The molecule has 0 fully saturated rings. The van der Waals surface area contributed by atoms with E-state index in [4.69, 9.17) is 6.57 Å². The van der Waals surface area contributed by atoms with Gasteiger partial charge in [0, 0.05) is 12.6 Å². The average molecular weight is 236 g/mol. The van der Waals surface area contributed by atoms with Gasteiger partial charge in [-0.15, -0.1) is 0 Å². The zero-order chi connectivity index (χ0) is 12.8. The van der Waals surface area contributed by atoms with E-state index >= 15 is 0 Å². The molecule has 0 spiro atoms. The second-order valence-electron chi connectivity index (χ2n) is 4.29. The molecule has 1 atom stereocenters. The van der Waals surface area contributed by atoms with Crippen molar-refractivity contribution in [2.24, 2.45) is 0 Å². The largest absolute Gasteiger partial charge is 0.306 e. The predicted molar refractivity (Wildman–Crippen MR) is 74.4 cm³/mol. The van der Waals surface area contributed by atoms with Crippen molar-refractivity contribution in [3.63, 3.8) is 0 Å². The Labute approximate surface area is 108 Å². The second-order valence-corrected chi connectivity index (χ2v) is 4.29. The third-order valence-electron chi connectivity index (χ3n) is 2.98. The maximum atomic E-state index is 6.92. The fourth-order valence-electron chi connectivity index (χ4n) is 1.82. The van der Waals surface area contributed by atoms with Crippen molar-refractivity contribution in [3.8, 4) is 0 Å². The van der Waals surface area contributed by atoms with Crippen LogP contribution in [0.2, 0.25) is 0 Å². The van der Waals surface area contributed by atoms with Crippen molar-refractivity contribution in [3.05, 3.63) is 77.1 Å². The van der Waals surface area contributed by atoms with Crippen molar-refractivity contribution in [2.75, 3.05) is 0 Å². The lowest BCUT2D eigenvalue weighted by molar-refractivity contribution is 0.575. The summed E-state index contributed by atoms with van der Waals surface area (Å²) in [4.78, 5) is 3.39. The van der Waals surface area contributed by atoms with E-state index in [1.807, 2.05) is 42.5 Å². The van der Waals surface area contributed by atoms with Crippen LogP contribution in [0.15, 0.2) is 54.6 Å². The molecule has 0 amide bonds. The van der Waals surface area contributed by atoms with Gasteiger partial charge in [-0.25, -0.2) is 4.85 Å². The van der Waals surface area contributed by atoms with Crippen LogP contribution in [0.1, 0.15) is 24.1 Å². The van der Waals surface area contributed by atoms with E-state index in [1.165, 1.54) is 11.1 Å². The fourth-order valence-corrected chi connectivity index (χ4v) is 1.82. The highest BCUT2D eigenvalue weighted by atomic mass is 14.9. The van der Waals surface area contributed by atoms with Crippen LogP contribution < -0.4 is 5.32 Å². The summed E-state index contributed by atoms with van der Waals surface area (Å²) >= 11 is 0. The molecular weight excluding hydrogens is 220 g/mol. The average Bonchev–Trinajstić information content (AvgIpc) is 2.46. The summed E-state index contributed by atoms with van der Waals surface area (Å²) < 4.78 is 0. The lowest BCUT2D eigenvalue weighted by Crippen LogP contribution is -2.17. The number of rotatable bonds is 4. The highest BCUT2D eigenvalue weighted by molar-refractivity contribution is 5.45.